The lowest BCUT2D eigenvalue weighted by Gasteiger charge is -2.15. The Morgan fingerprint density at radius 3 is 2.06 bits per heavy atom. The molecule has 2 aromatic carbocycles. The number of ether oxygens (including phenoxy) is 1. The predicted octanol–water partition coefficient (Wildman–Crippen LogP) is 3.46. The highest BCUT2D eigenvalue weighted by Crippen LogP contribution is 2.23. The quantitative estimate of drug-likeness (QED) is 0.823. The van der Waals surface area contributed by atoms with Crippen molar-refractivity contribution < 1.29 is 9.53 Å². The van der Waals surface area contributed by atoms with Crippen molar-refractivity contribution in [2.24, 2.45) is 0 Å². The number of benzene rings is 2. The Balaban J connectivity index is 2.11. The van der Waals surface area contributed by atoms with Gasteiger partial charge in [0.15, 0.2) is 0 Å². The van der Waals surface area contributed by atoms with Crippen LogP contribution >= 0.6 is 0 Å². The van der Waals surface area contributed by atoms with Crippen LogP contribution in [0, 0.1) is 0 Å². The molecule has 0 N–H and O–H groups in total. The minimum Gasteiger partial charge on any atom is -0.457 e. The van der Waals surface area contributed by atoms with Crippen LogP contribution in [0.15, 0.2) is 54.6 Å². The van der Waals surface area contributed by atoms with Crippen LogP contribution < -0.4 is 9.64 Å². The third-order valence-electron chi connectivity index (χ3n) is 2.68. The van der Waals surface area contributed by atoms with Gasteiger partial charge in [0.05, 0.1) is 0 Å². The van der Waals surface area contributed by atoms with Gasteiger partial charge in [-0.15, -0.1) is 0 Å². The molecule has 3 heteroatoms. The molecule has 0 aromatic heterocycles. The van der Waals surface area contributed by atoms with E-state index in [4.69, 9.17) is 4.74 Å². The van der Waals surface area contributed by atoms with Crippen molar-refractivity contribution in [3.63, 3.8) is 0 Å². The number of hydrogen-bond acceptors (Lipinski definition) is 2. The van der Waals surface area contributed by atoms with Crippen LogP contribution in [0.2, 0.25) is 0 Å². The van der Waals surface area contributed by atoms with Gasteiger partial charge in [0.25, 0.3) is 0 Å². The summed E-state index contributed by atoms with van der Waals surface area (Å²) in [7, 11) is 1.75. The van der Waals surface area contributed by atoms with Gasteiger partial charge in [-0.05, 0) is 36.4 Å². The fraction of sp³-hybridized carbons (Fsp3) is 0.133. The van der Waals surface area contributed by atoms with Gasteiger partial charge < -0.3 is 9.64 Å². The topological polar surface area (TPSA) is 29.5 Å². The van der Waals surface area contributed by atoms with Crippen LogP contribution in [0.1, 0.15) is 6.92 Å². The van der Waals surface area contributed by atoms with Crippen LogP contribution in [-0.4, -0.2) is 13.0 Å². The summed E-state index contributed by atoms with van der Waals surface area (Å²) < 4.78 is 5.67. The number of hydrogen-bond donors (Lipinski definition) is 0. The molecular weight excluding hydrogens is 226 g/mol. The SMILES string of the molecule is CC(=O)N(C)c1ccc(Oc2ccccc2)cc1. The van der Waals surface area contributed by atoms with Gasteiger partial charge in [-0.1, -0.05) is 18.2 Å². The molecular formula is C15H15NO2. The predicted molar refractivity (Wildman–Crippen MR) is 72.0 cm³/mol. The lowest BCUT2D eigenvalue weighted by Crippen LogP contribution is -2.22. The average molecular weight is 241 g/mol. The van der Waals surface area contributed by atoms with Gasteiger partial charge in [0.2, 0.25) is 5.91 Å². The summed E-state index contributed by atoms with van der Waals surface area (Å²) >= 11 is 0. The van der Waals surface area contributed by atoms with Gasteiger partial charge in [0, 0.05) is 19.7 Å². The number of amides is 1. The molecule has 0 bridgehead atoms. The maximum absolute atomic E-state index is 11.2. The van der Waals surface area contributed by atoms with Crippen molar-refractivity contribution in [1.82, 2.24) is 0 Å². The molecule has 0 spiro atoms. The fourth-order valence-electron chi connectivity index (χ4n) is 1.54. The maximum atomic E-state index is 11.2. The third kappa shape index (κ3) is 2.88. The van der Waals surface area contributed by atoms with Crippen molar-refractivity contribution in [2.45, 2.75) is 6.92 Å². The molecule has 2 rings (SSSR count). The van der Waals surface area contributed by atoms with E-state index in [1.807, 2.05) is 54.6 Å². The van der Waals surface area contributed by atoms with Gasteiger partial charge in [-0.2, -0.15) is 0 Å². The van der Waals surface area contributed by atoms with Gasteiger partial charge in [-0.25, -0.2) is 0 Å². The molecule has 18 heavy (non-hydrogen) atoms. The van der Waals surface area contributed by atoms with E-state index >= 15 is 0 Å². The second-order valence-corrected chi connectivity index (χ2v) is 3.99. The van der Waals surface area contributed by atoms with E-state index < -0.39 is 0 Å². The van der Waals surface area contributed by atoms with Crippen molar-refractivity contribution >= 4 is 11.6 Å². The number of carbonyl (C=O) groups is 1. The summed E-state index contributed by atoms with van der Waals surface area (Å²) in [5.41, 5.74) is 0.850. The molecule has 0 aliphatic carbocycles. The highest BCUT2D eigenvalue weighted by atomic mass is 16.5. The maximum Gasteiger partial charge on any atom is 0.223 e. The van der Waals surface area contributed by atoms with Crippen molar-refractivity contribution in [3.05, 3.63) is 54.6 Å². The number of para-hydroxylation sites is 1. The van der Waals surface area contributed by atoms with E-state index in [9.17, 15) is 4.79 Å². The monoisotopic (exact) mass is 241 g/mol. The Morgan fingerprint density at radius 1 is 0.944 bits per heavy atom. The van der Waals surface area contributed by atoms with Gasteiger partial charge in [0.1, 0.15) is 11.5 Å². The smallest absolute Gasteiger partial charge is 0.223 e. The van der Waals surface area contributed by atoms with E-state index in [0.717, 1.165) is 17.2 Å². The molecule has 0 radical (unpaired) electrons. The van der Waals surface area contributed by atoms with Crippen molar-refractivity contribution in [3.8, 4) is 11.5 Å². The van der Waals surface area contributed by atoms with E-state index in [2.05, 4.69) is 0 Å². The molecule has 0 aliphatic rings. The molecule has 0 saturated heterocycles. The second-order valence-electron chi connectivity index (χ2n) is 3.99. The van der Waals surface area contributed by atoms with Crippen LogP contribution in [0.25, 0.3) is 0 Å². The normalized spacial score (nSPS) is 9.89. The summed E-state index contributed by atoms with van der Waals surface area (Å²) in [4.78, 5) is 12.8. The van der Waals surface area contributed by atoms with Gasteiger partial charge in [-0.3, -0.25) is 4.79 Å². The molecule has 0 aliphatic heterocycles. The van der Waals surface area contributed by atoms with E-state index in [0.29, 0.717) is 0 Å². The van der Waals surface area contributed by atoms with Crippen LogP contribution in [0.3, 0.4) is 0 Å². The average Bonchev–Trinajstić information content (AvgIpc) is 2.40. The lowest BCUT2D eigenvalue weighted by molar-refractivity contribution is -0.116. The molecule has 2 aromatic rings. The first-order valence-electron chi connectivity index (χ1n) is 5.74. The van der Waals surface area contributed by atoms with Crippen molar-refractivity contribution in [2.75, 3.05) is 11.9 Å². The number of anilines is 1. The summed E-state index contributed by atoms with van der Waals surface area (Å²) in [6.45, 7) is 1.54. The van der Waals surface area contributed by atoms with E-state index in [-0.39, 0.29) is 5.91 Å². The zero-order valence-electron chi connectivity index (χ0n) is 10.5. The number of carbonyl (C=O) groups excluding carboxylic acids is 1. The molecule has 0 heterocycles. The Kier molecular flexibility index (Phi) is 3.63. The minimum absolute atomic E-state index is 0.00623. The second kappa shape index (κ2) is 5.36. The Bertz CT molecular complexity index is 520. The van der Waals surface area contributed by atoms with Crippen LogP contribution in [0.4, 0.5) is 5.69 Å². The molecule has 0 atom stereocenters. The first-order chi connectivity index (χ1) is 8.66. The van der Waals surface area contributed by atoms with E-state index in [1.165, 1.54) is 6.92 Å². The third-order valence-corrected chi connectivity index (χ3v) is 2.68. The first kappa shape index (κ1) is 12.2. The van der Waals surface area contributed by atoms with Crippen LogP contribution in [-0.2, 0) is 4.79 Å². The molecule has 92 valence electrons. The van der Waals surface area contributed by atoms with Crippen LogP contribution in [0.5, 0.6) is 11.5 Å². The largest absolute Gasteiger partial charge is 0.457 e. The minimum atomic E-state index is 0.00623. The highest BCUT2D eigenvalue weighted by Gasteiger charge is 2.05. The summed E-state index contributed by atoms with van der Waals surface area (Å²) in [5, 5.41) is 0. The highest BCUT2D eigenvalue weighted by molar-refractivity contribution is 5.90. The molecule has 1 amide bonds. The zero-order chi connectivity index (χ0) is 13.0. The summed E-state index contributed by atoms with van der Waals surface area (Å²) in [6, 6.07) is 17.0. The lowest BCUT2D eigenvalue weighted by atomic mass is 10.2. The molecule has 0 fully saturated rings. The standard InChI is InChI=1S/C15H15NO2/c1-12(17)16(2)13-8-10-15(11-9-13)18-14-6-4-3-5-7-14/h3-11H,1-2H3. The Labute approximate surface area is 107 Å². The molecule has 0 unspecified atom stereocenters. The van der Waals surface area contributed by atoms with Crippen molar-refractivity contribution in [1.29, 1.82) is 0 Å². The Hall–Kier alpha value is -2.29. The fourth-order valence-corrected chi connectivity index (χ4v) is 1.54. The van der Waals surface area contributed by atoms with E-state index in [1.54, 1.807) is 11.9 Å². The number of nitrogens with zero attached hydrogens (tertiary/aromatic N) is 1. The number of rotatable bonds is 3. The van der Waals surface area contributed by atoms with Gasteiger partial charge >= 0.3 is 0 Å². The zero-order valence-corrected chi connectivity index (χ0v) is 10.5. The summed E-state index contributed by atoms with van der Waals surface area (Å²) in [5.74, 6) is 1.55. The Morgan fingerprint density at radius 2 is 1.50 bits per heavy atom. The first-order valence-corrected chi connectivity index (χ1v) is 5.74. The molecule has 3 nitrogen and oxygen atoms in total. The molecule has 0 saturated carbocycles. The summed E-state index contributed by atoms with van der Waals surface area (Å²) in [6.07, 6.45) is 0.